The van der Waals surface area contributed by atoms with Gasteiger partial charge in [0.05, 0.1) is 6.54 Å². The minimum Gasteiger partial charge on any atom is -0.492 e. The molecule has 0 bridgehead atoms. The molecule has 21 heavy (non-hydrogen) atoms. The first-order valence-corrected chi connectivity index (χ1v) is 6.39. The number of hydrogen-bond acceptors (Lipinski definition) is 3. The minimum atomic E-state index is -0.331. The van der Waals surface area contributed by atoms with E-state index in [1.54, 1.807) is 13.1 Å². The van der Waals surface area contributed by atoms with Gasteiger partial charge in [0.1, 0.15) is 23.9 Å². The van der Waals surface area contributed by atoms with Crippen LogP contribution in [0.5, 0.6) is 5.75 Å². The van der Waals surface area contributed by atoms with E-state index in [1.807, 2.05) is 0 Å². The summed E-state index contributed by atoms with van der Waals surface area (Å²) in [5.74, 6) is -0.0940. The topological polar surface area (TPSA) is 62.4 Å². The molecule has 0 aliphatic carbocycles. The van der Waals surface area contributed by atoms with Crippen LogP contribution >= 0.6 is 0 Å². The highest BCUT2D eigenvalue weighted by molar-refractivity contribution is 5.91. The number of carbonyl (C=O) groups is 1. The third-order valence-electron chi connectivity index (χ3n) is 2.85. The molecule has 0 saturated carbocycles. The molecule has 110 valence electrons. The van der Waals surface area contributed by atoms with Gasteiger partial charge in [0.15, 0.2) is 0 Å². The lowest BCUT2D eigenvalue weighted by Crippen LogP contribution is -2.32. The molecule has 0 aliphatic rings. The number of ether oxygens (including phenoxy) is 1. The predicted octanol–water partition coefficient (Wildman–Crippen LogP) is 1.66. The van der Waals surface area contributed by atoms with Crippen molar-refractivity contribution in [3.05, 3.63) is 64.3 Å². The fourth-order valence-electron chi connectivity index (χ4n) is 1.71. The average molecular weight is 290 g/mol. The van der Waals surface area contributed by atoms with Crippen molar-refractivity contribution in [3.63, 3.8) is 0 Å². The monoisotopic (exact) mass is 290 g/mol. The van der Waals surface area contributed by atoms with E-state index in [-0.39, 0.29) is 29.6 Å². The van der Waals surface area contributed by atoms with E-state index < -0.39 is 0 Å². The summed E-state index contributed by atoms with van der Waals surface area (Å²) < 4.78 is 18.1. The number of pyridine rings is 1. The van der Waals surface area contributed by atoms with E-state index in [0.717, 1.165) is 0 Å². The summed E-state index contributed by atoms with van der Waals surface area (Å²) in [5, 5.41) is 0. The Hall–Kier alpha value is -2.63. The van der Waals surface area contributed by atoms with Crippen LogP contribution in [0.1, 0.15) is 10.5 Å². The number of nitrogens with zero attached hydrogens (tertiary/aromatic N) is 1. The fourth-order valence-corrected chi connectivity index (χ4v) is 1.71. The zero-order valence-corrected chi connectivity index (χ0v) is 11.5. The van der Waals surface area contributed by atoms with Gasteiger partial charge in [-0.25, -0.2) is 4.39 Å². The van der Waals surface area contributed by atoms with Gasteiger partial charge in [-0.15, -0.1) is 0 Å². The van der Waals surface area contributed by atoms with Crippen molar-refractivity contribution >= 4 is 5.91 Å². The number of carbonyl (C=O) groups excluding carboxylic acids is 1. The van der Waals surface area contributed by atoms with Crippen LogP contribution in [0.2, 0.25) is 0 Å². The van der Waals surface area contributed by atoms with Gasteiger partial charge >= 0.3 is 0 Å². The third kappa shape index (κ3) is 4.17. The quantitative estimate of drug-likeness (QED) is 0.911. The molecular weight excluding hydrogens is 275 g/mol. The van der Waals surface area contributed by atoms with Crippen molar-refractivity contribution in [1.82, 2.24) is 9.88 Å². The van der Waals surface area contributed by atoms with Crippen LogP contribution in [0.15, 0.2) is 47.3 Å². The molecule has 0 aliphatic heterocycles. The molecule has 0 fully saturated rings. The Kier molecular flexibility index (Phi) is 4.71. The van der Waals surface area contributed by atoms with Crippen LogP contribution in [0.3, 0.4) is 0 Å². The third-order valence-corrected chi connectivity index (χ3v) is 2.85. The Morgan fingerprint density at radius 2 is 1.95 bits per heavy atom. The molecule has 0 saturated heterocycles. The molecule has 0 radical (unpaired) electrons. The number of amides is 1. The van der Waals surface area contributed by atoms with Crippen LogP contribution < -0.4 is 10.3 Å². The van der Waals surface area contributed by atoms with E-state index in [9.17, 15) is 14.0 Å². The number of H-pyrrole nitrogens is 1. The van der Waals surface area contributed by atoms with Crippen LogP contribution in [0.4, 0.5) is 4.39 Å². The van der Waals surface area contributed by atoms with E-state index in [4.69, 9.17) is 4.74 Å². The maximum Gasteiger partial charge on any atom is 0.270 e. The summed E-state index contributed by atoms with van der Waals surface area (Å²) >= 11 is 0. The number of hydrogen-bond donors (Lipinski definition) is 1. The summed E-state index contributed by atoms with van der Waals surface area (Å²) in [6.07, 6.45) is 0. The number of benzene rings is 1. The molecule has 1 aromatic carbocycles. The molecular formula is C15H15FN2O3. The van der Waals surface area contributed by atoms with Gasteiger partial charge in [-0.05, 0) is 30.3 Å². The molecule has 1 N–H and O–H groups in total. The number of rotatable bonds is 5. The Labute approximate surface area is 121 Å². The zero-order valence-electron chi connectivity index (χ0n) is 11.5. The molecule has 2 aromatic rings. The number of likely N-dealkylation sites (N-methyl/N-ethyl adjacent to an activating group) is 1. The predicted molar refractivity (Wildman–Crippen MR) is 75.9 cm³/mol. The summed E-state index contributed by atoms with van der Waals surface area (Å²) in [5.41, 5.74) is -0.0939. The Bertz CT molecular complexity index is 667. The maximum absolute atomic E-state index is 12.7. The Morgan fingerprint density at radius 3 is 2.62 bits per heavy atom. The van der Waals surface area contributed by atoms with Gasteiger partial charge in [-0.2, -0.15) is 0 Å². The second kappa shape index (κ2) is 6.69. The molecule has 0 spiro atoms. The van der Waals surface area contributed by atoms with E-state index in [2.05, 4.69) is 4.98 Å². The summed E-state index contributed by atoms with van der Waals surface area (Å²) in [7, 11) is 1.61. The second-order valence-electron chi connectivity index (χ2n) is 4.46. The van der Waals surface area contributed by atoms with E-state index in [0.29, 0.717) is 12.3 Å². The van der Waals surface area contributed by atoms with Crippen molar-refractivity contribution in [2.24, 2.45) is 0 Å². The summed E-state index contributed by atoms with van der Waals surface area (Å²) in [4.78, 5) is 27.1. The molecule has 6 heteroatoms. The van der Waals surface area contributed by atoms with Crippen molar-refractivity contribution in [2.45, 2.75) is 0 Å². The SMILES string of the molecule is CN(CCOc1ccc(F)cc1)C(=O)c1cccc(=O)[nH]1. The fraction of sp³-hybridized carbons (Fsp3) is 0.200. The largest absolute Gasteiger partial charge is 0.492 e. The van der Waals surface area contributed by atoms with Crippen LogP contribution in [0.25, 0.3) is 0 Å². The number of aromatic amines is 1. The standard InChI is InChI=1S/C15H15FN2O3/c1-18(15(20)13-3-2-4-14(19)17-13)9-10-21-12-7-5-11(16)6-8-12/h2-8H,9-10H2,1H3,(H,17,19). The first-order valence-electron chi connectivity index (χ1n) is 6.39. The Morgan fingerprint density at radius 1 is 1.24 bits per heavy atom. The van der Waals surface area contributed by atoms with Crippen molar-refractivity contribution in [3.8, 4) is 5.75 Å². The van der Waals surface area contributed by atoms with Crippen LogP contribution in [-0.2, 0) is 0 Å². The van der Waals surface area contributed by atoms with Gasteiger partial charge in [0.2, 0.25) is 5.56 Å². The normalized spacial score (nSPS) is 10.2. The van der Waals surface area contributed by atoms with Crippen LogP contribution in [-0.4, -0.2) is 36.0 Å². The van der Waals surface area contributed by atoms with Gasteiger partial charge in [-0.3, -0.25) is 9.59 Å². The molecule has 0 atom stereocenters. The summed E-state index contributed by atoms with van der Waals surface area (Å²) in [6, 6.07) is 10.1. The number of halogens is 1. The second-order valence-corrected chi connectivity index (χ2v) is 4.46. The lowest BCUT2D eigenvalue weighted by molar-refractivity contribution is 0.0767. The molecule has 0 unspecified atom stereocenters. The van der Waals surface area contributed by atoms with Gasteiger partial charge in [-0.1, -0.05) is 6.07 Å². The molecule has 5 nitrogen and oxygen atoms in total. The highest BCUT2D eigenvalue weighted by Crippen LogP contribution is 2.10. The smallest absolute Gasteiger partial charge is 0.270 e. The average Bonchev–Trinajstić information content (AvgIpc) is 2.48. The number of aromatic nitrogens is 1. The van der Waals surface area contributed by atoms with Crippen molar-refractivity contribution < 1.29 is 13.9 Å². The highest BCUT2D eigenvalue weighted by atomic mass is 19.1. The number of nitrogens with one attached hydrogen (secondary N) is 1. The van der Waals surface area contributed by atoms with E-state index in [1.165, 1.54) is 41.3 Å². The maximum atomic E-state index is 12.7. The molecule has 2 rings (SSSR count). The minimum absolute atomic E-state index is 0.229. The lowest BCUT2D eigenvalue weighted by Gasteiger charge is -2.17. The van der Waals surface area contributed by atoms with E-state index >= 15 is 0 Å². The molecule has 1 aromatic heterocycles. The lowest BCUT2D eigenvalue weighted by atomic mass is 10.3. The van der Waals surface area contributed by atoms with Crippen LogP contribution in [0, 0.1) is 5.82 Å². The Balaban J connectivity index is 1.86. The summed E-state index contributed by atoms with van der Waals surface area (Å²) in [6.45, 7) is 0.609. The van der Waals surface area contributed by atoms with Crippen molar-refractivity contribution in [1.29, 1.82) is 0 Å². The molecule has 1 amide bonds. The van der Waals surface area contributed by atoms with Crippen molar-refractivity contribution in [2.75, 3.05) is 20.2 Å². The first-order chi connectivity index (χ1) is 10.1. The molecule has 1 heterocycles. The highest BCUT2D eigenvalue weighted by Gasteiger charge is 2.12. The first kappa shape index (κ1) is 14.8. The van der Waals surface area contributed by atoms with Gasteiger partial charge in [0, 0.05) is 13.1 Å². The van der Waals surface area contributed by atoms with Gasteiger partial charge < -0.3 is 14.6 Å². The zero-order chi connectivity index (χ0) is 15.2. The van der Waals surface area contributed by atoms with Gasteiger partial charge in [0.25, 0.3) is 5.91 Å².